The Morgan fingerprint density at radius 1 is 1.35 bits per heavy atom. The number of ether oxygens (including phenoxy) is 1. The van der Waals surface area contributed by atoms with Gasteiger partial charge in [-0.05, 0) is 18.6 Å². The van der Waals surface area contributed by atoms with Crippen molar-refractivity contribution in [1.82, 2.24) is 0 Å². The lowest BCUT2D eigenvalue weighted by Crippen LogP contribution is -2.19. The summed E-state index contributed by atoms with van der Waals surface area (Å²) in [5.74, 6) is -0.00124. The van der Waals surface area contributed by atoms with Gasteiger partial charge in [-0.2, -0.15) is 13.2 Å². The number of thioether (sulfide) groups is 1. The van der Waals surface area contributed by atoms with E-state index in [4.69, 9.17) is 0 Å². The molecule has 0 aromatic heterocycles. The molecular weight excluding hydrogens is 253 g/mol. The molecule has 0 saturated heterocycles. The third-order valence-corrected chi connectivity index (χ3v) is 3.56. The molecule has 0 rings (SSSR count). The fourth-order valence-electron chi connectivity index (χ4n) is 1.29. The van der Waals surface area contributed by atoms with Crippen molar-refractivity contribution in [1.29, 1.82) is 0 Å². The normalized spacial score (nSPS) is 13.5. The monoisotopic (exact) mass is 272 g/mol. The van der Waals surface area contributed by atoms with Crippen LogP contribution in [-0.4, -0.2) is 30.3 Å². The maximum absolute atomic E-state index is 11.9. The standard InChI is InChI=1S/C11H19F3O2S/c1-3-4-6-9(10(15)16-2)17-8-5-7-11(12,13)14/h9H,3-8H2,1-2H3. The minimum Gasteiger partial charge on any atom is -0.468 e. The summed E-state index contributed by atoms with van der Waals surface area (Å²) in [6.45, 7) is 2.00. The van der Waals surface area contributed by atoms with Crippen LogP contribution in [0.5, 0.6) is 0 Å². The topological polar surface area (TPSA) is 26.3 Å². The lowest BCUT2D eigenvalue weighted by molar-refractivity contribution is -0.140. The van der Waals surface area contributed by atoms with Gasteiger partial charge in [-0.3, -0.25) is 4.79 Å². The molecule has 0 aliphatic carbocycles. The van der Waals surface area contributed by atoms with Gasteiger partial charge in [-0.25, -0.2) is 0 Å². The average molecular weight is 272 g/mol. The summed E-state index contributed by atoms with van der Waals surface area (Å²) >= 11 is 1.26. The molecule has 1 atom stereocenters. The summed E-state index contributed by atoms with van der Waals surface area (Å²) < 4.78 is 40.3. The molecule has 0 aromatic carbocycles. The van der Waals surface area contributed by atoms with E-state index in [1.807, 2.05) is 6.92 Å². The quantitative estimate of drug-likeness (QED) is 0.496. The Hall–Kier alpha value is -0.390. The molecule has 0 heterocycles. The Labute approximate surface area is 104 Å². The van der Waals surface area contributed by atoms with E-state index < -0.39 is 12.6 Å². The fourth-order valence-corrected chi connectivity index (χ4v) is 2.45. The van der Waals surface area contributed by atoms with Crippen LogP contribution in [0.4, 0.5) is 13.2 Å². The van der Waals surface area contributed by atoms with E-state index in [0.29, 0.717) is 12.2 Å². The molecule has 0 aliphatic rings. The van der Waals surface area contributed by atoms with E-state index in [9.17, 15) is 18.0 Å². The number of unbranched alkanes of at least 4 members (excludes halogenated alkanes) is 1. The van der Waals surface area contributed by atoms with Crippen LogP contribution in [0.2, 0.25) is 0 Å². The molecule has 0 fully saturated rings. The molecule has 0 N–H and O–H groups in total. The number of esters is 1. The SMILES string of the molecule is CCCCC(SCCCC(F)(F)F)C(=O)OC. The molecule has 102 valence electrons. The van der Waals surface area contributed by atoms with Crippen molar-refractivity contribution in [2.45, 2.75) is 50.5 Å². The highest BCUT2D eigenvalue weighted by atomic mass is 32.2. The molecule has 0 radical (unpaired) electrons. The van der Waals surface area contributed by atoms with Crippen molar-refractivity contribution in [2.75, 3.05) is 12.9 Å². The summed E-state index contributed by atoms with van der Waals surface area (Å²) in [5.41, 5.74) is 0. The number of carbonyl (C=O) groups is 1. The Morgan fingerprint density at radius 2 is 2.00 bits per heavy atom. The summed E-state index contributed by atoms with van der Waals surface area (Å²) in [5, 5.41) is -0.326. The maximum atomic E-state index is 11.9. The summed E-state index contributed by atoms with van der Waals surface area (Å²) in [4.78, 5) is 11.3. The van der Waals surface area contributed by atoms with E-state index in [1.54, 1.807) is 0 Å². The van der Waals surface area contributed by atoms with Crippen LogP contribution in [-0.2, 0) is 9.53 Å². The van der Waals surface area contributed by atoms with Gasteiger partial charge in [-0.1, -0.05) is 19.8 Å². The lowest BCUT2D eigenvalue weighted by atomic mass is 10.2. The molecule has 0 saturated carbocycles. The number of methoxy groups -OCH3 is 1. The van der Waals surface area contributed by atoms with Crippen LogP contribution < -0.4 is 0 Å². The predicted octanol–water partition coefficient (Wildman–Crippen LogP) is 3.79. The molecule has 2 nitrogen and oxygen atoms in total. The van der Waals surface area contributed by atoms with E-state index in [1.165, 1.54) is 18.9 Å². The van der Waals surface area contributed by atoms with Crippen molar-refractivity contribution in [3.05, 3.63) is 0 Å². The predicted molar refractivity (Wildman–Crippen MR) is 63.1 cm³/mol. The second-order valence-corrected chi connectivity index (χ2v) is 5.05. The van der Waals surface area contributed by atoms with Gasteiger partial charge in [0.05, 0.1) is 7.11 Å². The second kappa shape index (κ2) is 8.66. The van der Waals surface area contributed by atoms with E-state index in [2.05, 4.69) is 4.74 Å². The first-order chi connectivity index (χ1) is 7.90. The summed E-state index contributed by atoms with van der Waals surface area (Å²) in [7, 11) is 1.30. The number of halogens is 3. The van der Waals surface area contributed by atoms with Gasteiger partial charge in [0.1, 0.15) is 5.25 Å². The Bertz CT molecular complexity index is 219. The molecular formula is C11H19F3O2S. The highest BCUT2D eigenvalue weighted by Gasteiger charge is 2.26. The largest absolute Gasteiger partial charge is 0.468 e. The van der Waals surface area contributed by atoms with Crippen molar-refractivity contribution < 1.29 is 22.7 Å². The Balaban J connectivity index is 3.87. The minimum absolute atomic E-state index is 0.0494. The van der Waals surface area contributed by atoms with E-state index in [0.717, 1.165) is 12.8 Å². The van der Waals surface area contributed by atoms with Gasteiger partial charge in [0.25, 0.3) is 0 Å². The zero-order chi connectivity index (χ0) is 13.3. The van der Waals surface area contributed by atoms with Crippen LogP contribution in [0.1, 0.15) is 39.0 Å². The van der Waals surface area contributed by atoms with E-state index >= 15 is 0 Å². The maximum Gasteiger partial charge on any atom is 0.389 e. The number of hydrogen-bond donors (Lipinski definition) is 0. The Morgan fingerprint density at radius 3 is 2.47 bits per heavy atom. The van der Waals surface area contributed by atoms with Crippen molar-refractivity contribution in [2.24, 2.45) is 0 Å². The number of alkyl halides is 3. The zero-order valence-corrected chi connectivity index (χ0v) is 11.0. The smallest absolute Gasteiger partial charge is 0.389 e. The van der Waals surface area contributed by atoms with Gasteiger partial charge < -0.3 is 4.74 Å². The first-order valence-electron chi connectivity index (χ1n) is 5.67. The summed E-state index contributed by atoms with van der Waals surface area (Å²) in [6, 6.07) is 0. The van der Waals surface area contributed by atoms with Crippen LogP contribution in [0.3, 0.4) is 0 Å². The summed E-state index contributed by atoms with van der Waals surface area (Å²) in [6.07, 6.45) is -2.34. The molecule has 17 heavy (non-hydrogen) atoms. The molecule has 1 unspecified atom stereocenters. The van der Waals surface area contributed by atoms with E-state index in [-0.39, 0.29) is 17.6 Å². The van der Waals surface area contributed by atoms with Crippen LogP contribution in [0.15, 0.2) is 0 Å². The van der Waals surface area contributed by atoms with Gasteiger partial charge in [0, 0.05) is 6.42 Å². The number of hydrogen-bond acceptors (Lipinski definition) is 3. The molecule has 0 bridgehead atoms. The molecule has 0 spiro atoms. The first kappa shape index (κ1) is 16.6. The highest BCUT2D eigenvalue weighted by molar-refractivity contribution is 8.00. The van der Waals surface area contributed by atoms with Crippen molar-refractivity contribution >= 4 is 17.7 Å². The average Bonchev–Trinajstić information content (AvgIpc) is 2.25. The third kappa shape index (κ3) is 9.32. The molecule has 0 aromatic rings. The Kier molecular flexibility index (Phi) is 8.47. The van der Waals surface area contributed by atoms with Crippen LogP contribution >= 0.6 is 11.8 Å². The second-order valence-electron chi connectivity index (χ2n) is 3.74. The van der Waals surface area contributed by atoms with Gasteiger partial charge in [0.2, 0.25) is 0 Å². The van der Waals surface area contributed by atoms with Crippen LogP contribution in [0, 0.1) is 0 Å². The zero-order valence-electron chi connectivity index (χ0n) is 10.2. The van der Waals surface area contributed by atoms with Crippen molar-refractivity contribution in [3.63, 3.8) is 0 Å². The first-order valence-corrected chi connectivity index (χ1v) is 6.71. The third-order valence-electron chi connectivity index (χ3n) is 2.21. The molecule has 6 heteroatoms. The van der Waals surface area contributed by atoms with Gasteiger partial charge >= 0.3 is 12.1 Å². The fraction of sp³-hybridized carbons (Fsp3) is 0.909. The highest BCUT2D eigenvalue weighted by Crippen LogP contribution is 2.25. The number of carbonyl (C=O) groups excluding carboxylic acids is 1. The van der Waals surface area contributed by atoms with Crippen molar-refractivity contribution in [3.8, 4) is 0 Å². The lowest BCUT2D eigenvalue weighted by Gasteiger charge is -2.14. The number of rotatable bonds is 8. The van der Waals surface area contributed by atoms with Crippen LogP contribution in [0.25, 0.3) is 0 Å². The molecule has 0 amide bonds. The van der Waals surface area contributed by atoms with Gasteiger partial charge in [-0.15, -0.1) is 11.8 Å². The molecule has 0 aliphatic heterocycles. The minimum atomic E-state index is -4.11. The van der Waals surface area contributed by atoms with Gasteiger partial charge in [0.15, 0.2) is 0 Å².